The van der Waals surface area contributed by atoms with Crippen LogP contribution in [0.5, 0.6) is 11.5 Å². The number of hydrazone groups is 1. The van der Waals surface area contributed by atoms with Gasteiger partial charge in [-0.05, 0) is 35.4 Å². The molecule has 1 N–H and O–H groups in total. The maximum Gasteiger partial charge on any atom is 0.180 e. The molecule has 3 rings (SSSR count). The number of anilines is 1. The molecule has 0 aliphatic rings. The Bertz CT molecular complexity index is 868. The zero-order chi connectivity index (χ0) is 18.2. The molecule has 0 aliphatic heterocycles. The lowest BCUT2D eigenvalue weighted by molar-refractivity contribution is 0.284. The lowest BCUT2D eigenvalue weighted by atomic mass is 10.2. The van der Waals surface area contributed by atoms with Crippen LogP contribution in [0.15, 0.2) is 77.9 Å². The molecule has 0 atom stereocenters. The van der Waals surface area contributed by atoms with Gasteiger partial charge in [0.05, 0.1) is 24.0 Å². The number of nitrogens with one attached hydrogen (secondary N) is 1. The van der Waals surface area contributed by atoms with Gasteiger partial charge in [0.15, 0.2) is 11.5 Å². The Hall–Kier alpha value is -2.98. The van der Waals surface area contributed by atoms with Gasteiger partial charge < -0.3 is 9.47 Å². The van der Waals surface area contributed by atoms with Gasteiger partial charge in [-0.2, -0.15) is 5.10 Å². The van der Waals surface area contributed by atoms with E-state index in [1.807, 2.05) is 66.7 Å². The van der Waals surface area contributed by atoms with Crippen LogP contribution in [0, 0.1) is 0 Å². The van der Waals surface area contributed by atoms with E-state index in [1.54, 1.807) is 19.4 Å². The summed E-state index contributed by atoms with van der Waals surface area (Å²) >= 11 is 6.39. The normalized spacial score (nSPS) is 10.7. The lowest BCUT2D eigenvalue weighted by Crippen LogP contribution is -1.99. The molecule has 3 aromatic rings. The Morgan fingerprint density at radius 2 is 1.69 bits per heavy atom. The highest BCUT2D eigenvalue weighted by Crippen LogP contribution is 2.36. The molecule has 0 spiro atoms. The second kappa shape index (κ2) is 8.92. The molecule has 0 fully saturated rings. The molecular weight excluding hydrogens is 348 g/mol. The number of rotatable bonds is 7. The van der Waals surface area contributed by atoms with E-state index in [9.17, 15) is 0 Å². The van der Waals surface area contributed by atoms with Crippen molar-refractivity contribution in [3.63, 3.8) is 0 Å². The summed E-state index contributed by atoms with van der Waals surface area (Å²) in [4.78, 5) is 0. The Morgan fingerprint density at radius 1 is 1.00 bits per heavy atom. The maximum absolute atomic E-state index is 6.39. The average molecular weight is 367 g/mol. The quantitative estimate of drug-likeness (QED) is 0.451. The van der Waals surface area contributed by atoms with E-state index in [1.165, 1.54) is 0 Å². The molecule has 0 aliphatic carbocycles. The Balaban J connectivity index is 1.72. The molecule has 26 heavy (non-hydrogen) atoms. The van der Waals surface area contributed by atoms with Gasteiger partial charge in [0, 0.05) is 0 Å². The van der Waals surface area contributed by atoms with Crippen LogP contribution >= 0.6 is 11.6 Å². The molecule has 0 saturated heterocycles. The highest BCUT2D eigenvalue weighted by atomic mass is 35.5. The Morgan fingerprint density at radius 3 is 2.38 bits per heavy atom. The molecular formula is C21H19ClN2O2. The first-order chi connectivity index (χ1) is 12.8. The van der Waals surface area contributed by atoms with Gasteiger partial charge in [-0.15, -0.1) is 0 Å². The minimum Gasteiger partial charge on any atom is -0.493 e. The number of para-hydroxylation sites is 1. The second-order valence-electron chi connectivity index (χ2n) is 5.54. The molecule has 0 radical (unpaired) electrons. The zero-order valence-electron chi connectivity index (χ0n) is 14.4. The first-order valence-corrected chi connectivity index (χ1v) is 8.52. The van der Waals surface area contributed by atoms with Crippen LogP contribution in [-0.2, 0) is 6.61 Å². The van der Waals surface area contributed by atoms with Crippen LogP contribution in [0.4, 0.5) is 5.69 Å². The fourth-order valence-corrected chi connectivity index (χ4v) is 2.65. The number of nitrogens with zero attached hydrogens (tertiary/aromatic N) is 1. The molecule has 0 aromatic heterocycles. The van der Waals surface area contributed by atoms with Gasteiger partial charge in [-0.3, -0.25) is 5.43 Å². The van der Waals surface area contributed by atoms with E-state index in [-0.39, 0.29) is 0 Å². The third-order valence-electron chi connectivity index (χ3n) is 3.66. The fraction of sp³-hybridized carbons (Fsp3) is 0.0952. The van der Waals surface area contributed by atoms with Crippen molar-refractivity contribution < 1.29 is 9.47 Å². The van der Waals surface area contributed by atoms with Crippen LogP contribution in [0.1, 0.15) is 11.1 Å². The fourth-order valence-electron chi connectivity index (χ4n) is 2.38. The topological polar surface area (TPSA) is 42.8 Å². The van der Waals surface area contributed by atoms with Gasteiger partial charge in [0.25, 0.3) is 0 Å². The van der Waals surface area contributed by atoms with E-state index in [0.29, 0.717) is 23.1 Å². The standard InChI is InChI=1S/C21H19ClN2O2/c1-25-20-13-17(14-23-24-18-10-6-3-7-11-18)12-19(22)21(20)26-15-16-8-4-2-5-9-16/h2-14,24H,15H2,1H3. The summed E-state index contributed by atoms with van der Waals surface area (Å²) in [6, 6.07) is 23.2. The van der Waals surface area contributed by atoms with Crippen LogP contribution in [0.3, 0.4) is 0 Å². The molecule has 0 saturated carbocycles. The largest absolute Gasteiger partial charge is 0.493 e. The van der Waals surface area contributed by atoms with Crippen molar-refractivity contribution in [2.24, 2.45) is 5.10 Å². The Labute approximate surface area is 158 Å². The highest BCUT2D eigenvalue weighted by molar-refractivity contribution is 6.32. The zero-order valence-corrected chi connectivity index (χ0v) is 15.1. The highest BCUT2D eigenvalue weighted by Gasteiger charge is 2.11. The van der Waals surface area contributed by atoms with Crippen molar-refractivity contribution in [2.45, 2.75) is 6.61 Å². The summed E-state index contributed by atoms with van der Waals surface area (Å²) < 4.78 is 11.3. The maximum atomic E-state index is 6.39. The van der Waals surface area contributed by atoms with Crippen LogP contribution in [0.25, 0.3) is 0 Å². The lowest BCUT2D eigenvalue weighted by Gasteiger charge is -2.13. The molecule has 0 bridgehead atoms. The van der Waals surface area contributed by atoms with E-state index in [2.05, 4.69) is 10.5 Å². The number of ether oxygens (including phenoxy) is 2. The minimum absolute atomic E-state index is 0.417. The Kier molecular flexibility index (Phi) is 6.12. The van der Waals surface area contributed by atoms with Gasteiger partial charge >= 0.3 is 0 Å². The van der Waals surface area contributed by atoms with E-state index in [0.717, 1.165) is 16.8 Å². The van der Waals surface area contributed by atoms with Crippen LogP contribution in [-0.4, -0.2) is 13.3 Å². The number of hydrogen-bond donors (Lipinski definition) is 1. The van der Waals surface area contributed by atoms with Crippen molar-refractivity contribution in [3.05, 3.63) is 88.9 Å². The average Bonchev–Trinajstić information content (AvgIpc) is 2.68. The van der Waals surface area contributed by atoms with Gasteiger partial charge in [-0.1, -0.05) is 60.1 Å². The van der Waals surface area contributed by atoms with Gasteiger partial charge in [-0.25, -0.2) is 0 Å². The van der Waals surface area contributed by atoms with Crippen molar-refractivity contribution in [1.29, 1.82) is 0 Å². The molecule has 4 nitrogen and oxygen atoms in total. The molecule has 3 aromatic carbocycles. The number of methoxy groups -OCH3 is 1. The van der Waals surface area contributed by atoms with E-state index >= 15 is 0 Å². The van der Waals surface area contributed by atoms with Crippen LogP contribution < -0.4 is 14.9 Å². The predicted molar refractivity (Wildman–Crippen MR) is 106 cm³/mol. The number of hydrogen-bond acceptors (Lipinski definition) is 4. The summed E-state index contributed by atoms with van der Waals surface area (Å²) in [7, 11) is 1.59. The van der Waals surface area contributed by atoms with Crippen molar-refractivity contribution in [2.75, 3.05) is 12.5 Å². The minimum atomic E-state index is 0.417. The summed E-state index contributed by atoms with van der Waals surface area (Å²) in [5.41, 5.74) is 5.74. The predicted octanol–water partition coefficient (Wildman–Crippen LogP) is 5.37. The molecule has 0 heterocycles. The van der Waals surface area contributed by atoms with E-state index < -0.39 is 0 Å². The van der Waals surface area contributed by atoms with Gasteiger partial charge in [0.1, 0.15) is 6.61 Å². The third kappa shape index (κ3) is 4.77. The smallest absolute Gasteiger partial charge is 0.180 e. The molecule has 0 amide bonds. The summed E-state index contributed by atoms with van der Waals surface area (Å²) in [6.07, 6.45) is 1.68. The summed E-state index contributed by atoms with van der Waals surface area (Å²) in [6.45, 7) is 0.417. The molecule has 5 heteroatoms. The van der Waals surface area contributed by atoms with Crippen LogP contribution in [0.2, 0.25) is 5.02 Å². The first kappa shape index (κ1) is 17.8. The number of benzene rings is 3. The summed E-state index contributed by atoms with van der Waals surface area (Å²) in [5, 5.41) is 4.70. The molecule has 0 unspecified atom stereocenters. The van der Waals surface area contributed by atoms with Crippen molar-refractivity contribution in [1.82, 2.24) is 0 Å². The third-order valence-corrected chi connectivity index (χ3v) is 3.94. The van der Waals surface area contributed by atoms with Crippen molar-refractivity contribution in [3.8, 4) is 11.5 Å². The van der Waals surface area contributed by atoms with Crippen molar-refractivity contribution >= 4 is 23.5 Å². The van der Waals surface area contributed by atoms with Gasteiger partial charge in [0.2, 0.25) is 0 Å². The monoisotopic (exact) mass is 366 g/mol. The number of halogens is 1. The molecule has 132 valence electrons. The second-order valence-corrected chi connectivity index (χ2v) is 5.95. The summed E-state index contributed by atoms with van der Waals surface area (Å²) in [5.74, 6) is 1.08. The SMILES string of the molecule is COc1cc(C=NNc2ccccc2)cc(Cl)c1OCc1ccccc1. The van der Waals surface area contributed by atoms with E-state index in [4.69, 9.17) is 21.1 Å². The first-order valence-electron chi connectivity index (χ1n) is 8.14.